The quantitative estimate of drug-likeness (QED) is 0.689. The van der Waals surface area contributed by atoms with Crippen LogP contribution in [0.2, 0.25) is 0 Å². The summed E-state index contributed by atoms with van der Waals surface area (Å²) in [4.78, 5) is 15.0. The summed E-state index contributed by atoms with van der Waals surface area (Å²) in [5.41, 5.74) is 0.288. The van der Waals surface area contributed by atoms with Gasteiger partial charge >= 0.3 is 5.63 Å². The highest BCUT2D eigenvalue weighted by Crippen LogP contribution is 2.14. The van der Waals surface area contributed by atoms with Gasteiger partial charge in [0.1, 0.15) is 0 Å². The van der Waals surface area contributed by atoms with Crippen molar-refractivity contribution in [2.75, 3.05) is 0 Å². The van der Waals surface area contributed by atoms with E-state index in [0.717, 1.165) is 10.9 Å². The topological polar surface area (TPSA) is 43.1 Å². The average molecular weight is 226 g/mol. The average Bonchev–Trinajstić information content (AvgIpc) is 2.07. The van der Waals surface area contributed by atoms with Gasteiger partial charge in [0, 0.05) is 4.47 Å². The summed E-state index contributed by atoms with van der Waals surface area (Å²) in [6.45, 7) is 0. The molecular formula is C8H4BrNO2. The highest BCUT2D eigenvalue weighted by Gasteiger charge is 1.99. The lowest BCUT2D eigenvalue weighted by molar-refractivity contribution is 0.501. The molecule has 0 spiro atoms. The molecule has 1 aromatic heterocycles. The van der Waals surface area contributed by atoms with Gasteiger partial charge in [-0.05, 0) is 18.2 Å². The van der Waals surface area contributed by atoms with Crippen LogP contribution >= 0.6 is 15.9 Å². The first-order valence-corrected chi connectivity index (χ1v) is 4.10. The van der Waals surface area contributed by atoms with Crippen LogP contribution in [0.3, 0.4) is 0 Å². The molecule has 0 radical (unpaired) electrons. The van der Waals surface area contributed by atoms with E-state index in [9.17, 15) is 4.79 Å². The number of aromatic nitrogens is 1. The van der Waals surface area contributed by atoms with Crippen molar-refractivity contribution in [3.05, 3.63) is 39.5 Å². The molecule has 4 heteroatoms. The molecule has 0 saturated carbocycles. The van der Waals surface area contributed by atoms with Crippen LogP contribution in [-0.2, 0) is 0 Å². The van der Waals surface area contributed by atoms with E-state index in [2.05, 4.69) is 25.3 Å². The number of fused-ring (bicyclic) bond motifs is 1. The van der Waals surface area contributed by atoms with Crippen LogP contribution in [0.1, 0.15) is 0 Å². The first kappa shape index (κ1) is 7.49. The molecular weight excluding hydrogens is 222 g/mol. The summed E-state index contributed by atoms with van der Waals surface area (Å²) in [6, 6.07) is 5.28. The standard InChI is InChI=1S/C8H4BrNO2/c9-5-1-2-7-6(3-5)8(11)12-4-10-7/h1-4H. The molecule has 2 aromatic rings. The molecule has 1 heterocycles. The first-order chi connectivity index (χ1) is 5.77. The van der Waals surface area contributed by atoms with Gasteiger partial charge in [-0.15, -0.1) is 0 Å². The Morgan fingerprint density at radius 2 is 2.25 bits per heavy atom. The van der Waals surface area contributed by atoms with Gasteiger partial charge in [0.2, 0.25) is 0 Å². The van der Waals surface area contributed by atoms with Crippen LogP contribution in [0.4, 0.5) is 0 Å². The van der Waals surface area contributed by atoms with Crippen molar-refractivity contribution in [1.29, 1.82) is 0 Å². The maximum Gasteiger partial charge on any atom is 0.346 e. The number of halogens is 1. The number of hydrogen-bond donors (Lipinski definition) is 0. The third-order valence-corrected chi connectivity index (χ3v) is 2.02. The fraction of sp³-hybridized carbons (Fsp3) is 0. The Balaban J connectivity index is 2.98. The Hall–Kier alpha value is -1.16. The molecule has 0 aliphatic carbocycles. The molecule has 0 atom stereocenters. The fourth-order valence-electron chi connectivity index (χ4n) is 0.979. The third-order valence-electron chi connectivity index (χ3n) is 1.53. The zero-order valence-electron chi connectivity index (χ0n) is 5.95. The number of hydrogen-bond acceptors (Lipinski definition) is 3. The van der Waals surface area contributed by atoms with Gasteiger partial charge in [0.05, 0.1) is 10.9 Å². The summed E-state index contributed by atoms with van der Waals surface area (Å²) in [6.07, 6.45) is 1.15. The summed E-state index contributed by atoms with van der Waals surface area (Å²) in [5, 5.41) is 0.492. The summed E-state index contributed by atoms with van der Waals surface area (Å²) in [7, 11) is 0. The highest BCUT2D eigenvalue weighted by atomic mass is 79.9. The van der Waals surface area contributed by atoms with Gasteiger partial charge in [0.25, 0.3) is 0 Å². The molecule has 12 heavy (non-hydrogen) atoms. The highest BCUT2D eigenvalue weighted by molar-refractivity contribution is 9.10. The number of rotatable bonds is 0. The van der Waals surface area contributed by atoms with Crippen molar-refractivity contribution < 1.29 is 4.42 Å². The molecule has 0 saturated heterocycles. The van der Waals surface area contributed by atoms with Gasteiger partial charge in [-0.2, -0.15) is 0 Å². The molecule has 2 rings (SSSR count). The molecule has 0 fully saturated rings. The smallest absolute Gasteiger partial charge is 0.346 e. The van der Waals surface area contributed by atoms with E-state index < -0.39 is 0 Å². The molecule has 60 valence electrons. The van der Waals surface area contributed by atoms with Gasteiger partial charge in [0.15, 0.2) is 6.39 Å². The maximum absolute atomic E-state index is 11.1. The molecule has 0 aliphatic rings. The Bertz CT molecular complexity index is 478. The second-order valence-electron chi connectivity index (χ2n) is 2.30. The normalized spacial score (nSPS) is 10.4. The second-order valence-corrected chi connectivity index (χ2v) is 3.22. The van der Waals surface area contributed by atoms with Crippen molar-refractivity contribution in [3.63, 3.8) is 0 Å². The lowest BCUT2D eigenvalue weighted by Gasteiger charge is -1.93. The van der Waals surface area contributed by atoms with Crippen LogP contribution in [-0.4, -0.2) is 4.98 Å². The molecule has 1 aromatic carbocycles. The van der Waals surface area contributed by atoms with E-state index in [4.69, 9.17) is 0 Å². The summed E-state index contributed by atoms with van der Waals surface area (Å²) >= 11 is 3.26. The van der Waals surface area contributed by atoms with E-state index >= 15 is 0 Å². The van der Waals surface area contributed by atoms with Crippen LogP contribution in [0, 0.1) is 0 Å². The van der Waals surface area contributed by atoms with Crippen molar-refractivity contribution in [2.45, 2.75) is 0 Å². The van der Waals surface area contributed by atoms with Crippen molar-refractivity contribution in [3.8, 4) is 0 Å². The monoisotopic (exact) mass is 225 g/mol. The Morgan fingerprint density at radius 1 is 1.42 bits per heavy atom. The Labute approximate surface area is 76.2 Å². The van der Waals surface area contributed by atoms with E-state index in [0.29, 0.717) is 10.9 Å². The van der Waals surface area contributed by atoms with Crippen molar-refractivity contribution in [2.24, 2.45) is 0 Å². The largest absolute Gasteiger partial charge is 0.411 e. The second kappa shape index (κ2) is 2.71. The molecule has 0 N–H and O–H groups in total. The summed E-state index contributed by atoms with van der Waals surface area (Å²) in [5.74, 6) is 0. The van der Waals surface area contributed by atoms with Crippen molar-refractivity contribution >= 4 is 26.8 Å². The molecule has 3 nitrogen and oxygen atoms in total. The SMILES string of the molecule is O=c1ocnc2ccc(Br)cc12. The van der Waals surface area contributed by atoms with Crippen molar-refractivity contribution in [1.82, 2.24) is 4.98 Å². The predicted molar refractivity (Wildman–Crippen MR) is 48.0 cm³/mol. The first-order valence-electron chi connectivity index (χ1n) is 3.30. The molecule has 0 amide bonds. The van der Waals surface area contributed by atoms with E-state index in [1.54, 1.807) is 12.1 Å². The van der Waals surface area contributed by atoms with Crippen LogP contribution in [0.15, 0.2) is 38.3 Å². The third kappa shape index (κ3) is 1.14. The van der Waals surface area contributed by atoms with Crippen LogP contribution < -0.4 is 5.63 Å². The number of benzene rings is 1. The lowest BCUT2D eigenvalue weighted by atomic mass is 10.2. The predicted octanol–water partition coefficient (Wildman–Crippen LogP) is 1.95. The molecule has 0 aliphatic heterocycles. The van der Waals surface area contributed by atoms with Gasteiger partial charge in [-0.1, -0.05) is 15.9 Å². The molecule has 0 unspecified atom stereocenters. The van der Waals surface area contributed by atoms with Crippen LogP contribution in [0.5, 0.6) is 0 Å². The minimum Gasteiger partial charge on any atom is -0.411 e. The van der Waals surface area contributed by atoms with Gasteiger partial charge in [-0.3, -0.25) is 0 Å². The summed E-state index contributed by atoms with van der Waals surface area (Å²) < 4.78 is 5.45. The zero-order chi connectivity index (χ0) is 8.55. The van der Waals surface area contributed by atoms with Crippen LogP contribution in [0.25, 0.3) is 10.9 Å². The van der Waals surface area contributed by atoms with E-state index in [-0.39, 0.29) is 5.63 Å². The minimum absolute atomic E-state index is 0.360. The molecule has 0 bridgehead atoms. The van der Waals surface area contributed by atoms with Gasteiger partial charge < -0.3 is 4.42 Å². The zero-order valence-corrected chi connectivity index (χ0v) is 7.54. The Morgan fingerprint density at radius 3 is 3.08 bits per heavy atom. The van der Waals surface area contributed by atoms with E-state index in [1.807, 2.05) is 6.07 Å². The lowest BCUT2D eigenvalue weighted by Crippen LogP contribution is -1.99. The van der Waals surface area contributed by atoms with E-state index in [1.165, 1.54) is 0 Å². The number of nitrogens with zero attached hydrogens (tertiary/aromatic N) is 1. The minimum atomic E-state index is -0.360. The van der Waals surface area contributed by atoms with Gasteiger partial charge in [-0.25, -0.2) is 9.78 Å². The Kier molecular flexibility index (Phi) is 1.69. The fourth-order valence-corrected chi connectivity index (χ4v) is 1.34. The maximum atomic E-state index is 11.1.